The Bertz CT molecular complexity index is 1000. The van der Waals surface area contributed by atoms with E-state index in [4.69, 9.17) is 16.3 Å². The molecule has 2 aromatic carbocycles. The maximum Gasteiger partial charge on any atom is 0.191 e. The monoisotopic (exact) mass is 445 g/mol. The number of halogens is 2. The van der Waals surface area contributed by atoms with Crippen molar-refractivity contribution in [3.63, 3.8) is 0 Å². The second kappa shape index (κ2) is 10.1. The molecule has 0 aliphatic heterocycles. The van der Waals surface area contributed by atoms with E-state index in [0.717, 1.165) is 22.3 Å². The number of thioether (sulfide) groups is 1. The lowest BCUT2D eigenvalue weighted by Crippen LogP contribution is -2.12. The maximum absolute atomic E-state index is 13.3. The van der Waals surface area contributed by atoms with E-state index in [1.165, 1.54) is 29.5 Å². The normalized spacial score (nSPS) is 12.2. The molecule has 1 unspecified atom stereocenters. The molecule has 30 heavy (non-hydrogen) atoms. The largest absolute Gasteiger partial charge is 0.483 e. The van der Waals surface area contributed by atoms with Crippen LogP contribution in [0, 0.1) is 5.82 Å². The molecule has 4 nitrogen and oxygen atoms in total. The highest BCUT2D eigenvalue weighted by molar-refractivity contribution is 7.98. The zero-order valence-electron chi connectivity index (χ0n) is 17.3. The van der Waals surface area contributed by atoms with Crippen molar-refractivity contribution in [1.82, 2.24) is 14.8 Å². The zero-order chi connectivity index (χ0) is 21.7. The van der Waals surface area contributed by atoms with Crippen LogP contribution in [0.15, 0.2) is 60.3 Å². The summed E-state index contributed by atoms with van der Waals surface area (Å²) in [6, 6.07) is 12.5. The van der Waals surface area contributed by atoms with Crippen LogP contribution in [-0.2, 0) is 12.3 Å². The van der Waals surface area contributed by atoms with Crippen molar-refractivity contribution in [2.75, 3.05) is 0 Å². The van der Waals surface area contributed by atoms with Crippen molar-refractivity contribution < 1.29 is 9.13 Å². The van der Waals surface area contributed by atoms with Gasteiger partial charge in [-0.05, 0) is 48.2 Å². The summed E-state index contributed by atoms with van der Waals surface area (Å²) in [5.74, 6) is 2.18. The summed E-state index contributed by atoms with van der Waals surface area (Å²) >= 11 is 7.63. The predicted octanol–water partition coefficient (Wildman–Crippen LogP) is 6.81. The molecule has 1 aromatic heterocycles. The van der Waals surface area contributed by atoms with Gasteiger partial charge in [-0.3, -0.25) is 4.57 Å². The van der Waals surface area contributed by atoms with Gasteiger partial charge in [0.05, 0.1) is 0 Å². The Labute approximate surface area is 186 Å². The van der Waals surface area contributed by atoms with Crippen LogP contribution in [0.3, 0.4) is 0 Å². The predicted molar refractivity (Wildman–Crippen MR) is 121 cm³/mol. The van der Waals surface area contributed by atoms with Gasteiger partial charge in [0.1, 0.15) is 11.6 Å². The molecule has 0 bridgehead atoms. The summed E-state index contributed by atoms with van der Waals surface area (Å²) in [7, 11) is 0. The third kappa shape index (κ3) is 5.43. The Morgan fingerprint density at radius 2 is 1.90 bits per heavy atom. The molecule has 1 heterocycles. The number of aromatic nitrogens is 3. The standard InChI is InChI=1S/C23H25ClFN3OS/c1-5-12-28-22(16(4)29-20-10-7-17(8-11-20)15(2)3)26-27-23(28)30-14-18-6-9-19(25)13-21(18)24/h5-11,13,15-16H,1,12,14H2,2-4H3. The first-order valence-corrected chi connectivity index (χ1v) is 11.1. The van der Waals surface area contributed by atoms with E-state index in [9.17, 15) is 4.39 Å². The molecule has 0 aliphatic rings. The van der Waals surface area contributed by atoms with E-state index < -0.39 is 0 Å². The molecule has 0 saturated carbocycles. The smallest absolute Gasteiger partial charge is 0.191 e. The molecular weight excluding hydrogens is 421 g/mol. The van der Waals surface area contributed by atoms with Crippen LogP contribution < -0.4 is 4.74 Å². The molecule has 3 rings (SSSR count). The lowest BCUT2D eigenvalue weighted by Gasteiger charge is -2.16. The van der Waals surface area contributed by atoms with Crippen LogP contribution in [0.4, 0.5) is 4.39 Å². The van der Waals surface area contributed by atoms with Crippen LogP contribution in [0.5, 0.6) is 5.75 Å². The molecule has 0 aliphatic carbocycles. The van der Waals surface area contributed by atoms with Crippen LogP contribution in [0.2, 0.25) is 5.02 Å². The maximum atomic E-state index is 13.3. The zero-order valence-corrected chi connectivity index (χ0v) is 18.9. The highest BCUT2D eigenvalue weighted by atomic mass is 35.5. The van der Waals surface area contributed by atoms with E-state index in [2.05, 4.69) is 42.8 Å². The van der Waals surface area contributed by atoms with Gasteiger partial charge in [-0.15, -0.1) is 16.8 Å². The van der Waals surface area contributed by atoms with Gasteiger partial charge in [-0.25, -0.2) is 4.39 Å². The van der Waals surface area contributed by atoms with Gasteiger partial charge in [-0.2, -0.15) is 0 Å². The fourth-order valence-electron chi connectivity index (χ4n) is 2.98. The third-order valence-electron chi connectivity index (χ3n) is 4.65. The molecule has 0 amide bonds. The summed E-state index contributed by atoms with van der Waals surface area (Å²) in [5, 5.41) is 9.81. The molecule has 0 N–H and O–H groups in total. The van der Waals surface area contributed by atoms with Gasteiger partial charge in [0.15, 0.2) is 17.1 Å². The van der Waals surface area contributed by atoms with Crippen molar-refractivity contribution in [2.24, 2.45) is 0 Å². The molecule has 1 atom stereocenters. The topological polar surface area (TPSA) is 39.9 Å². The fourth-order valence-corrected chi connectivity index (χ4v) is 4.25. The molecule has 3 aromatic rings. The summed E-state index contributed by atoms with van der Waals surface area (Å²) in [5.41, 5.74) is 2.11. The number of nitrogens with zero attached hydrogens (tertiary/aromatic N) is 3. The van der Waals surface area contributed by atoms with Gasteiger partial charge < -0.3 is 4.74 Å². The summed E-state index contributed by atoms with van der Waals surface area (Å²) in [6.07, 6.45) is 1.51. The number of hydrogen-bond acceptors (Lipinski definition) is 4. The Balaban J connectivity index is 1.74. The van der Waals surface area contributed by atoms with Crippen molar-refractivity contribution in [1.29, 1.82) is 0 Å². The SMILES string of the molecule is C=CCn1c(SCc2ccc(F)cc2Cl)nnc1C(C)Oc1ccc(C(C)C)cc1. The molecule has 7 heteroatoms. The van der Waals surface area contributed by atoms with E-state index in [1.807, 2.05) is 23.6 Å². The molecular formula is C23H25ClFN3OS. The van der Waals surface area contributed by atoms with E-state index >= 15 is 0 Å². The molecule has 0 radical (unpaired) electrons. The summed E-state index contributed by atoms with van der Waals surface area (Å²) in [4.78, 5) is 0. The van der Waals surface area contributed by atoms with Crippen molar-refractivity contribution in [2.45, 2.75) is 50.2 Å². The minimum Gasteiger partial charge on any atom is -0.483 e. The minimum atomic E-state index is -0.349. The fraction of sp³-hybridized carbons (Fsp3) is 0.304. The number of ether oxygens (including phenoxy) is 1. The number of benzene rings is 2. The van der Waals surface area contributed by atoms with E-state index in [1.54, 1.807) is 12.1 Å². The average molecular weight is 446 g/mol. The third-order valence-corrected chi connectivity index (χ3v) is 6.02. The Kier molecular flexibility index (Phi) is 7.56. The Morgan fingerprint density at radius 3 is 2.53 bits per heavy atom. The van der Waals surface area contributed by atoms with Gasteiger partial charge in [0.25, 0.3) is 0 Å². The molecule has 0 fully saturated rings. The van der Waals surface area contributed by atoms with Crippen LogP contribution in [0.1, 0.15) is 49.7 Å². The minimum absolute atomic E-state index is 0.286. The second-order valence-electron chi connectivity index (χ2n) is 7.25. The van der Waals surface area contributed by atoms with E-state index in [0.29, 0.717) is 23.2 Å². The first kappa shape index (κ1) is 22.4. The highest BCUT2D eigenvalue weighted by Crippen LogP contribution is 2.29. The average Bonchev–Trinajstić information content (AvgIpc) is 3.11. The second-order valence-corrected chi connectivity index (χ2v) is 8.60. The van der Waals surface area contributed by atoms with Gasteiger partial charge in [0, 0.05) is 17.3 Å². The van der Waals surface area contributed by atoms with E-state index in [-0.39, 0.29) is 11.9 Å². The van der Waals surface area contributed by atoms with Crippen LogP contribution >= 0.6 is 23.4 Å². The molecule has 158 valence electrons. The van der Waals surface area contributed by atoms with Gasteiger partial charge in [-0.1, -0.05) is 61.5 Å². The van der Waals surface area contributed by atoms with Crippen molar-refractivity contribution >= 4 is 23.4 Å². The van der Waals surface area contributed by atoms with Gasteiger partial charge >= 0.3 is 0 Å². The van der Waals surface area contributed by atoms with Crippen molar-refractivity contribution in [3.05, 3.63) is 82.9 Å². The Morgan fingerprint density at radius 1 is 1.17 bits per heavy atom. The number of allylic oxidation sites excluding steroid dienone is 1. The molecule has 0 spiro atoms. The van der Waals surface area contributed by atoms with Gasteiger partial charge in [0.2, 0.25) is 0 Å². The highest BCUT2D eigenvalue weighted by Gasteiger charge is 2.19. The quantitative estimate of drug-likeness (QED) is 0.268. The lowest BCUT2D eigenvalue weighted by atomic mass is 10.0. The van der Waals surface area contributed by atoms with Crippen molar-refractivity contribution in [3.8, 4) is 5.75 Å². The Hall–Kier alpha value is -2.31. The number of rotatable bonds is 9. The number of hydrogen-bond donors (Lipinski definition) is 0. The molecule has 0 saturated heterocycles. The lowest BCUT2D eigenvalue weighted by molar-refractivity contribution is 0.210. The van der Waals surface area contributed by atoms with Crippen LogP contribution in [-0.4, -0.2) is 14.8 Å². The first-order valence-electron chi connectivity index (χ1n) is 9.76. The summed E-state index contributed by atoms with van der Waals surface area (Å²) < 4.78 is 21.3. The first-order chi connectivity index (χ1) is 14.4. The summed E-state index contributed by atoms with van der Waals surface area (Å²) in [6.45, 7) is 10.7. The van der Waals surface area contributed by atoms with Crippen LogP contribution in [0.25, 0.3) is 0 Å².